The monoisotopic (exact) mass is 448 g/mol. The summed E-state index contributed by atoms with van der Waals surface area (Å²) in [4.78, 5) is 12.9. The Morgan fingerprint density at radius 3 is 2.16 bits per heavy atom. The highest BCUT2D eigenvalue weighted by Gasteiger charge is 2.32. The van der Waals surface area contributed by atoms with Crippen molar-refractivity contribution in [3.8, 4) is 17.2 Å². The molecule has 0 radical (unpaired) electrons. The fraction of sp³-hybridized carbons (Fsp3) is 0.409. The van der Waals surface area contributed by atoms with E-state index in [1.54, 1.807) is 13.2 Å². The summed E-state index contributed by atoms with van der Waals surface area (Å²) in [6, 6.07) is 10.1. The van der Waals surface area contributed by atoms with Gasteiger partial charge in [-0.05, 0) is 49.6 Å². The number of benzene rings is 2. The topological polar surface area (TPSA) is 94.2 Å². The minimum Gasteiger partial charge on any atom is -0.495 e. The van der Waals surface area contributed by atoms with Crippen molar-refractivity contribution < 1.29 is 27.4 Å². The number of rotatable bonds is 7. The summed E-state index contributed by atoms with van der Waals surface area (Å²) in [6.07, 6.45) is 0.874. The molecule has 8 nitrogen and oxygen atoms in total. The SMILES string of the molecule is COc1ccc(C)cc1NC(=O)C1CCN(S(=O)(=O)c2ccc(OC)c(OC)c2)CC1. The Morgan fingerprint density at radius 2 is 1.55 bits per heavy atom. The van der Waals surface area contributed by atoms with Crippen molar-refractivity contribution >= 4 is 21.6 Å². The molecule has 0 saturated carbocycles. The van der Waals surface area contributed by atoms with Crippen LogP contribution >= 0.6 is 0 Å². The highest BCUT2D eigenvalue weighted by molar-refractivity contribution is 7.89. The van der Waals surface area contributed by atoms with E-state index in [0.717, 1.165) is 5.56 Å². The first-order valence-electron chi connectivity index (χ1n) is 9.97. The lowest BCUT2D eigenvalue weighted by Gasteiger charge is -2.30. The van der Waals surface area contributed by atoms with Crippen molar-refractivity contribution in [2.45, 2.75) is 24.7 Å². The van der Waals surface area contributed by atoms with Gasteiger partial charge in [0.15, 0.2) is 11.5 Å². The normalized spacial score (nSPS) is 15.4. The van der Waals surface area contributed by atoms with Crippen molar-refractivity contribution in [2.75, 3.05) is 39.7 Å². The molecule has 0 bridgehead atoms. The van der Waals surface area contributed by atoms with E-state index in [1.807, 2.05) is 25.1 Å². The van der Waals surface area contributed by atoms with Crippen molar-refractivity contribution in [1.29, 1.82) is 0 Å². The summed E-state index contributed by atoms with van der Waals surface area (Å²) in [5.74, 6) is 0.995. The van der Waals surface area contributed by atoms with Crippen molar-refractivity contribution in [3.05, 3.63) is 42.0 Å². The van der Waals surface area contributed by atoms with Crippen molar-refractivity contribution in [2.24, 2.45) is 5.92 Å². The summed E-state index contributed by atoms with van der Waals surface area (Å²) in [5, 5.41) is 2.92. The van der Waals surface area contributed by atoms with E-state index in [0.29, 0.717) is 35.8 Å². The number of anilines is 1. The van der Waals surface area contributed by atoms with Crippen molar-refractivity contribution in [3.63, 3.8) is 0 Å². The van der Waals surface area contributed by atoms with Gasteiger partial charge >= 0.3 is 0 Å². The Kier molecular flexibility index (Phi) is 7.07. The van der Waals surface area contributed by atoms with Crippen LogP contribution < -0.4 is 19.5 Å². The van der Waals surface area contributed by atoms with Gasteiger partial charge in [-0.25, -0.2) is 8.42 Å². The van der Waals surface area contributed by atoms with Crippen LogP contribution in [0.3, 0.4) is 0 Å². The zero-order valence-electron chi connectivity index (χ0n) is 18.2. The lowest BCUT2D eigenvalue weighted by atomic mass is 9.97. The van der Waals surface area contributed by atoms with Gasteiger partial charge < -0.3 is 19.5 Å². The maximum absolute atomic E-state index is 13.1. The van der Waals surface area contributed by atoms with Gasteiger partial charge in [0.2, 0.25) is 15.9 Å². The van der Waals surface area contributed by atoms with E-state index in [4.69, 9.17) is 14.2 Å². The fourth-order valence-corrected chi connectivity index (χ4v) is 5.12. The first-order valence-corrected chi connectivity index (χ1v) is 11.4. The highest BCUT2D eigenvalue weighted by atomic mass is 32.2. The molecule has 1 aliphatic heterocycles. The van der Waals surface area contributed by atoms with Crippen LogP contribution in [0.25, 0.3) is 0 Å². The van der Waals surface area contributed by atoms with E-state index >= 15 is 0 Å². The Hall–Kier alpha value is -2.78. The van der Waals surface area contributed by atoms with Crippen LogP contribution in [0.4, 0.5) is 5.69 Å². The van der Waals surface area contributed by atoms with Crippen LogP contribution in [-0.4, -0.2) is 53.0 Å². The Balaban J connectivity index is 1.67. The van der Waals surface area contributed by atoms with Gasteiger partial charge in [0.25, 0.3) is 0 Å². The maximum Gasteiger partial charge on any atom is 0.243 e. The molecule has 1 N–H and O–H groups in total. The molecule has 0 unspecified atom stereocenters. The second kappa shape index (κ2) is 9.57. The van der Waals surface area contributed by atoms with E-state index in [1.165, 1.54) is 30.7 Å². The number of methoxy groups -OCH3 is 3. The lowest BCUT2D eigenvalue weighted by Crippen LogP contribution is -2.41. The number of nitrogens with zero attached hydrogens (tertiary/aromatic N) is 1. The fourth-order valence-electron chi connectivity index (χ4n) is 3.64. The van der Waals surface area contributed by atoms with E-state index in [-0.39, 0.29) is 29.8 Å². The molecule has 1 saturated heterocycles. The van der Waals surface area contributed by atoms with Gasteiger partial charge in [0.05, 0.1) is 31.9 Å². The van der Waals surface area contributed by atoms with E-state index in [2.05, 4.69) is 5.32 Å². The summed E-state index contributed by atoms with van der Waals surface area (Å²) in [6.45, 7) is 2.46. The number of carbonyl (C=O) groups is 1. The number of hydrogen-bond acceptors (Lipinski definition) is 6. The number of nitrogens with one attached hydrogen (secondary N) is 1. The first-order chi connectivity index (χ1) is 14.8. The third-order valence-electron chi connectivity index (χ3n) is 5.43. The second-order valence-electron chi connectivity index (χ2n) is 7.39. The quantitative estimate of drug-likeness (QED) is 0.700. The van der Waals surface area contributed by atoms with Crippen LogP contribution in [0.5, 0.6) is 17.2 Å². The number of piperidine rings is 1. The van der Waals surface area contributed by atoms with Gasteiger partial charge in [-0.15, -0.1) is 0 Å². The molecule has 0 atom stereocenters. The van der Waals surface area contributed by atoms with Crippen LogP contribution in [-0.2, 0) is 14.8 Å². The molecule has 168 valence electrons. The number of aryl methyl sites for hydroxylation is 1. The average molecular weight is 449 g/mol. The molecular formula is C22H28N2O6S. The Morgan fingerprint density at radius 1 is 0.935 bits per heavy atom. The molecule has 2 aromatic rings. The highest BCUT2D eigenvalue weighted by Crippen LogP contribution is 2.32. The van der Waals surface area contributed by atoms with Gasteiger partial charge in [0.1, 0.15) is 5.75 Å². The largest absolute Gasteiger partial charge is 0.495 e. The number of carbonyl (C=O) groups excluding carboxylic acids is 1. The van der Waals surface area contributed by atoms with Crippen LogP contribution in [0.1, 0.15) is 18.4 Å². The first kappa shape index (κ1) is 22.9. The summed E-state index contributed by atoms with van der Waals surface area (Å²) >= 11 is 0. The molecule has 0 spiro atoms. The number of sulfonamides is 1. The molecular weight excluding hydrogens is 420 g/mol. The number of hydrogen-bond donors (Lipinski definition) is 1. The van der Waals surface area contributed by atoms with Crippen LogP contribution in [0.2, 0.25) is 0 Å². The minimum atomic E-state index is -3.70. The predicted octanol–water partition coefficient (Wildman–Crippen LogP) is 3.06. The minimum absolute atomic E-state index is 0.132. The smallest absolute Gasteiger partial charge is 0.243 e. The van der Waals surface area contributed by atoms with Crippen LogP contribution in [0, 0.1) is 12.8 Å². The zero-order valence-corrected chi connectivity index (χ0v) is 19.0. The number of ether oxygens (including phenoxy) is 3. The molecule has 1 amide bonds. The van der Waals surface area contributed by atoms with Crippen LogP contribution in [0.15, 0.2) is 41.3 Å². The average Bonchev–Trinajstić information content (AvgIpc) is 2.78. The summed E-state index contributed by atoms with van der Waals surface area (Å²) in [5.41, 5.74) is 1.62. The molecule has 1 fully saturated rings. The molecule has 3 rings (SSSR count). The van der Waals surface area contributed by atoms with Crippen molar-refractivity contribution in [1.82, 2.24) is 4.31 Å². The standard InChI is InChI=1S/C22H28N2O6S/c1-15-5-7-19(28-2)18(13-15)23-22(25)16-9-11-24(12-10-16)31(26,27)17-6-8-20(29-3)21(14-17)30-4/h5-8,13-14,16H,9-12H2,1-4H3,(H,23,25). The van der Waals surface area contributed by atoms with E-state index < -0.39 is 10.0 Å². The molecule has 1 aliphatic rings. The maximum atomic E-state index is 13.1. The summed E-state index contributed by atoms with van der Waals surface area (Å²) in [7, 11) is 0.810. The van der Waals surface area contributed by atoms with Gasteiger partial charge in [-0.3, -0.25) is 4.79 Å². The molecule has 1 heterocycles. The lowest BCUT2D eigenvalue weighted by molar-refractivity contribution is -0.120. The third-order valence-corrected chi connectivity index (χ3v) is 7.32. The van der Waals surface area contributed by atoms with Gasteiger partial charge in [0, 0.05) is 25.1 Å². The molecule has 9 heteroatoms. The second-order valence-corrected chi connectivity index (χ2v) is 9.33. The zero-order chi connectivity index (χ0) is 22.6. The number of amides is 1. The van der Waals surface area contributed by atoms with E-state index in [9.17, 15) is 13.2 Å². The molecule has 0 aromatic heterocycles. The summed E-state index contributed by atoms with van der Waals surface area (Å²) < 4.78 is 43.2. The Bertz CT molecular complexity index is 1050. The molecule has 0 aliphatic carbocycles. The Labute approximate surface area is 183 Å². The predicted molar refractivity (Wildman–Crippen MR) is 117 cm³/mol. The third kappa shape index (κ3) is 4.94. The van der Waals surface area contributed by atoms with Gasteiger partial charge in [-0.1, -0.05) is 6.07 Å². The van der Waals surface area contributed by atoms with Gasteiger partial charge in [-0.2, -0.15) is 4.31 Å². The molecule has 31 heavy (non-hydrogen) atoms. The molecule has 2 aromatic carbocycles.